The number of benzene rings is 2. The molecule has 7 nitrogen and oxygen atoms in total. The molecule has 160 valence electrons. The molecule has 1 fully saturated rings. The highest BCUT2D eigenvalue weighted by Gasteiger charge is 2.33. The van der Waals surface area contributed by atoms with Crippen LogP contribution in [-0.4, -0.2) is 45.4 Å². The number of hydrogen-bond acceptors (Lipinski definition) is 5. The van der Waals surface area contributed by atoms with Crippen LogP contribution in [0.1, 0.15) is 12.8 Å². The highest BCUT2D eigenvalue weighted by atomic mass is 32.2. The monoisotopic (exact) mass is 430 g/mol. The average Bonchev–Trinajstić information content (AvgIpc) is 2.78. The standard InChI is InChI=1S/C22H26N2O5S/c1-3-14-29-20-8-4-7-18(15-20)23-22(25)17-6-5-13-24(16-17)30(26,27)21-11-9-19(28-2)10-12-21/h3-4,7-12,15,17H,1,5-6,13-14,16H2,2H3,(H,23,25). The Balaban J connectivity index is 1.67. The molecule has 1 aliphatic heterocycles. The topological polar surface area (TPSA) is 84.9 Å². The molecule has 2 aromatic rings. The predicted octanol–water partition coefficient (Wildman–Crippen LogP) is 3.30. The summed E-state index contributed by atoms with van der Waals surface area (Å²) in [6, 6.07) is 13.4. The van der Waals surface area contributed by atoms with Crippen molar-refractivity contribution in [3.05, 3.63) is 61.2 Å². The Labute approximate surface area is 177 Å². The quantitative estimate of drug-likeness (QED) is 0.650. The van der Waals surface area contributed by atoms with Crippen molar-refractivity contribution >= 4 is 21.6 Å². The number of amides is 1. The summed E-state index contributed by atoms with van der Waals surface area (Å²) in [6.45, 7) is 4.52. The van der Waals surface area contributed by atoms with E-state index in [2.05, 4.69) is 11.9 Å². The van der Waals surface area contributed by atoms with Gasteiger partial charge in [0.05, 0.1) is 17.9 Å². The number of anilines is 1. The van der Waals surface area contributed by atoms with Crippen LogP contribution in [0.3, 0.4) is 0 Å². The van der Waals surface area contributed by atoms with Gasteiger partial charge in [-0.1, -0.05) is 18.7 Å². The first-order valence-electron chi connectivity index (χ1n) is 9.73. The van der Waals surface area contributed by atoms with Gasteiger partial charge >= 0.3 is 0 Å². The van der Waals surface area contributed by atoms with Crippen LogP contribution >= 0.6 is 0 Å². The van der Waals surface area contributed by atoms with E-state index in [1.54, 1.807) is 42.5 Å². The van der Waals surface area contributed by atoms with Gasteiger partial charge in [0.25, 0.3) is 0 Å². The number of sulfonamides is 1. The first-order valence-corrected chi connectivity index (χ1v) is 11.2. The van der Waals surface area contributed by atoms with Gasteiger partial charge < -0.3 is 14.8 Å². The number of ether oxygens (including phenoxy) is 2. The fourth-order valence-corrected chi connectivity index (χ4v) is 4.86. The second-order valence-corrected chi connectivity index (χ2v) is 8.93. The second kappa shape index (κ2) is 9.77. The molecule has 1 aliphatic rings. The molecule has 1 heterocycles. The summed E-state index contributed by atoms with van der Waals surface area (Å²) < 4.78 is 37.9. The van der Waals surface area contributed by atoms with Gasteiger partial charge in [0.2, 0.25) is 15.9 Å². The minimum absolute atomic E-state index is 0.146. The Bertz CT molecular complexity index is 989. The lowest BCUT2D eigenvalue weighted by atomic mass is 9.98. The third-order valence-corrected chi connectivity index (χ3v) is 6.80. The molecule has 1 unspecified atom stereocenters. The molecule has 3 rings (SSSR count). The van der Waals surface area contributed by atoms with E-state index >= 15 is 0 Å². The van der Waals surface area contributed by atoms with Gasteiger partial charge in [0.15, 0.2) is 0 Å². The first-order chi connectivity index (χ1) is 14.4. The molecular formula is C22H26N2O5S. The number of rotatable bonds is 8. The molecular weight excluding hydrogens is 404 g/mol. The summed E-state index contributed by atoms with van der Waals surface area (Å²) in [5.74, 6) is 0.583. The van der Waals surface area contributed by atoms with E-state index in [4.69, 9.17) is 9.47 Å². The maximum atomic E-state index is 13.0. The number of nitrogens with zero attached hydrogens (tertiary/aromatic N) is 1. The van der Waals surface area contributed by atoms with Crippen LogP contribution in [0.2, 0.25) is 0 Å². The number of carbonyl (C=O) groups is 1. The Kier molecular flexibility index (Phi) is 7.12. The van der Waals surface area contributed by atoms with Gasteiger partial charge in [-0.15, -0.1) is 0 Å². The highest BCUT2D eigenvalue weighted by Crippen LogP contribution is 2.26. The number of methoxy groups -OCH3 is 1. The lowest BCUT2D eigenvalue weighted by molar-refractivity contribution is -0.120. The molecule has 0 bridgehead atoms. The van der Waals surface area contributed by atoms with E-state index in [9.17, 15) is 13.2 Å². The third-order valence-electron chi connectivity index (χ3n) is 4.92. The van der Waals surface area contributed by atoms with Gasteiger partial charge in [-0.2, -0.15) is 4.31 Å². The molecule has 0 aromatic heterocycles. The van der Waals surface area contributed by atoms with Crippen LogP contribution in [0.15, 0.2) is 66.1 Å². The Hall–Kier alpha value is -2.84. The molecule has 30 heavy (non-hydrogen) atoms. The third kappa shape index (κ3) is 5.20. The molecule has 1 amide bonds. The van der Waals surface area contributed by atoms with Gasteiger partial charge in [-0.25, -0.2) is 8.42 Å². The maximum Gasteiger partial charge on any atom is 0.243 e. The first kappa shape index (κ1) is 21.9. The number of nitrogens with one attached hydrogen (secondary N) is 1. The van der Waals surface area contributed by atoms with Crippen molar-refractivity contribution in [2.75, 3.05) is 32.1 Å². The minimum atomic E-state index is -3.67. The Morgan fingerprint density at radius 3 is 2.70 bits per heavy atom. The molecule has 0 radical (unpaired) electrons. The summed E-state index contributed by atoms with van der Waals surface area (Å²) in [7, 11) is -2.15. The Morgan fingerprint density at radius 1 is 1.23 bits per heavy atom. The fourth-order valence-electron chi connectivity index (χ4n) is 3.33. The SMILES string of the molecule is C=CCOc1cccc(NC(=O)C2CCCN(S(=O)(=O)c3ccc(OC)cc3)C2)c1. The number of piperidine rings is 1. The van der Waals surface area contributed by atoms with E-state index in [-0.39, 0.29) is 17.3 Å². The van der Waals surface area contributed by atoms with Gasteiger partial charge in [0.1, 0.15) is 18.1 Å². The summed E-state index contributed by atoms with van der Waals surface area (Å²) in [4.78, 5) is 13.0. The van der Waals surface area contributed by atoms with Crippen molar-refractivity contribution in [1.82, 2.24) is 4.31 Å². The van der Waals surface area contributed by atoms with E-state index in [0.717, 1.165) is 0 Å². The van der Waals surface area contributed by atoms with Crippen molar-refractivity contribution in [3.63, 3.8) is 0 Å². The van der Waals surface area contributed by atoms with Crippen LogP contribution in [0.4, 0.5) is 5.69 Å². The number of hydrogen-bond donors (Lipinski definition) is 1. The zero-order chi connectivity index (χ0) is 21.6. The van der Waals surface area contributed by atoms with E-state index in [1.165, 1.54) is 23.5 Å². The smallest absolute Gasteiger partial charge is 0.243 e. The molecule has 2 aromatic carbocycles. The molecule has 0 aliphatic carbocycles. The largest absolute Gasteiger partial charge is 0.497 e. The highest BCUT2D eigenvalue weighted by molar-refractivity contribution is 7.89. The van der Waals surface area contributed by atoms with Crippen LogP contribution in [-0.2, 0) is 14.8 Å². The van der Waals surface area contributed by atoms with Crippen molar-refractivity contribution in [3.8, 4) is 11.5 Å². The molecule has 1 N–H and O–H groups in total. The molecule has 1 atom stereocenters. The number of carbonyl (C=O) groups excluding carboxylic acids is 1. The molecule has 8 heteroatoms. The van der Waals surface area contributed by atoms with Crippen LogP contribution in [0.5, 0.6) is 11.5 Å². The fraction of sp³-hybridized carbons (Fsp3) is 0.318. The lowest BCUT2D eigenvalue weighted by Crippen LogP contribution is -2.43. The average molecular weight is 431 g/mol. The van der Waals surface area contributed by atoms with Crippen molar-refractivity contribution in [1.29, 1.82) is 0 Å². The van der Waals surface area contributed by atoms with Crippen LogP contribution < -0.4 is 14.8 Å². The van der Waals surface area contributed by atoms with E-state index in [0.29, 0.717) is 43.2 Å². The zero-order valence-corrected chi connectivity index (χ0v) is 17.7. The molecule has 0 spiro atoms. The van der Waals surface area contributed by atoms with Gasteiger partial charge in [-0.05, 0) is 49.2 Å². The van der Waals surface area contributed by atoms with Gasteiger partial charge in [-0.3, -0.25) is 4.79 Å². The maximum absolute atomic E-state index is 13.0. The van der Waals surface area contributed by atoms with Gasteiger partial charge in [0, 0.05) is 24.8 Å². The van der Waals surface area contributed by atoms with Crippen molar-refractivity contribution in [2.24, 2.45) is 5.92 Å². The normalized spacial score (nSPS) is 17.2. The summed E-state index contributed by atoms with van der Waals surface area (Å²) in [5.41, 5.74) is 0.608. The summed E-state index contributed by atoms with van der Waals surface area (Å²) in [6.07, 6.45) is 2.90. The van der Waals surface area contributed by atoms with Crippen molar-refractivity contribution in [2.45, 2.75) is 17.7 Å². The van der Waals surface area contributed by atoms with Crippen LogP contribution in [0.25, 0.3) is 0 Å². The van der Waals surface area contributed by atoms with E-state index < -0.39 is 15.9 Å². The van der Waals surface area contributed by atoms with E-state index in [1.807, 2.05) is 0 Å². The van der Waals surface area contributed by atoms with Crippen LogP contribution in [0, 0.1) is 5.92 Å². The summed E-state index contributed by atoms with van der Waals surface area (Å²) in [5, 5.41) is 2.87. The second-order valence-electron chi connectivity index (χ2n) is 6.99. The van der Waals surface area contributed by atoms with Crippen molar-refractivity contribution < 1.29 is 22.7 Å². The zero-order valence-electron chi connectivity index (χ0n) is 16.9. The molecule has 1 saturated heterocycles. The predicted molar refractivity (Wildman–Crippen MR) is 115 cm³/mol. The molecule has 0 saturated carbocycles. The summed E-state index contributed by atoms with van der Waals surface area (Å²) >= 11 is 0. The Morgan fingerprint density at radius 2 is 2.00 bits per heavy atom. The minimum Gasteiger partial charge on any atom is -0.497 e. The lowest BCUT2D eigenvalue weighted by Gasteiger charge is -2.31.